The van der Waals surface area contributed by atoms with Gasteiger partial charge in [0.1, 0.15) is 23.2 Å². The highest BCUT2D eigenvalue weighted by Crippen LogP contribution is 2.50. The smallest absolute Gasteiger partial charge is 0.246 e. The summed E-state index contributed by atoms with van der Waals surface area (Å²) >= 11 is 6.61. The van der Waals surface area contributed by atoms with Gasteiger partial charge < -0.3 is 14.9 Å². The largest absolute Gasteiger partial charge is 0.508 e. The van der Waals surface area contributed by atoms with Crippen molar-refractivity contribution >= 4 is 34.2 Å². The van der Waals surface area contributed by atoms with E-state index >= 15 is 4.39 Å². The molecule has 1 aliphatic carbocycles. The van der Waals surface area contributed by atoms with Gasteiger partial charge in [-0.05, 0) is 118 Å². The summed E-state index contributed by atoms with van der Waals surface area (Å²) in [7, 11) is 0. The van der Waals surface area contributed by atoms with Crippen molar-refractivity contribution in [2.75, 3.05) is 31.1 Å². The summed E-state index contributed by atoms with van der Waals surface area (Å²) in [5.41, 5.74) is 2.90. The molecule has 2 aromatic carbocycles. The molecule has 9 heteroatoms. The molecule has 2 bridgehead atoms. The van der Waals surface area contributed by atoms with Crippen LogP contribution in [0.15, 0.2) is 36.9 Å². The van der Waals surface area contributed by atoms with Crippen LogP contribution in [0.2, 0.25) is 5.02 Å². The summed E-state index contributed by atoms with van der Waals surface area (Å²) in [5, 5.41) is 11.6. The molecule has 5 heterocycles. The molecule has 3 aromatic rings. The fraction of sp³-hybridized carbons (Fsp3) is 0.514. The minimum atomic E-state index is -0.381. The Bertz CT molecular complexity index is 1650. The molecule has 4 aliphatic heterocycles. The van der Waals surface area contributed by atoms with Crippen LogP contribution in [0.5, 0.6) is 5.75 Å². The lowest BCUT2D eigenvalue weighted by molar-refractivity contribution is -0.129. The number of piperazine rings is 1. The number of hydrogen-bond donors (Lipinski definition) is 1. The molecule has 1 saturated carbocycles. The average molecular weight is 616 g/mol. The monoisotopic (exact) mass is 615 g/mol. The fourth-order valence-corrected chi connectivity index (χ4v) is 9.24. The number of carbonyl (C=O) groups excluding carboxylic acids is 1. The van der Waals surface area contributed by atoms with E-state index in [4.69, 9.17) is 21.6 Å². The lowest BCUT2D eigenvalue weighted by Crippen LogP contribution is -2.55. The third kappa shape index (κ3) is 4.67. The Morgan fingerprint density at radius 1 is 1.05 bits per heavy atom. The number of fused-ring (bicyclic) bond motifs is 4. The van der Waals surface area contributed by atoms with Crippen molar-refractivity contribution in [1.82, 2.24) is 19.8 Å². The van der Waals surface area contributed by atoms with Gasteiger partial charge in [0.15, 0.2) is 0 Å². The molecule has 0 radical (unpaired) electrons. The molecular formula is C35H39ClFN5O2. The van der Waals surface area contributed by atoms with Crippen molar-refractivity contribution in [3.63, 3.8) is 0 Å². The van der Waals surface area contributed by atoms with E-state index in [9.17, 15) is 9.90 Å². The van der Waals surface area contributed by atoms with Gasteiger partial charge in [0, 0.05) is 53.1 Å². The minimum Gasteiger partial charge on any atom is -0.508 e. The molecule has 1 aromatic heterocycles. The van der Waals surface area contributed by atoms with Crippen LogP contribution >= 0.6 is 11.6 Å². The summed E-state index contributed by atoms with van der Waals surface area (Å²) in [6.07, 6.45) is 12.0. The molecule has 4 saturated heterocycles. The van der Waals surface area contributed by atoms with Gasteiger partial charge in [0.2, 0.25) is 5.91 Å². The van der Waals surface area contributed by atoms with Crippen LogP contribution in [-0.4, -0.2) is 74.6 Å². The SMILES string of the molecule is C=CC(=O)N1C2CCC1CN(c1nc(CCC34CCCN3CCC4)nc3cc(-c4cc(O)cc(Cl)c4C4CC4)c(F)cc13)C2. The molecule has 2 atom stereocenters. The molecular weight excluding hydrogens is 577 g/mol. The lowest BCUT2D eigenvalue weighted by atomic mass is 9.88. The molecule has 5 aliphatic rings. The maximum Gasteiger partial charge on any atom is 0.246 e. The second-order valence-corrected chi connectivity index (χ2v) is 14.0. The molecule has 5 fully saturated rings. The number of nitrogens with zero attached hydrogens (tertiary/aromatic N) is 5. The molecule has 8 rings (SSSR count). The van der Waals surface area contributed by atoms with E-state index in [-0.39, 0.29) is 41.0 Å². The van der Waals surface area contributed by atoms with Crippen LogP contribution < -0.4 is 4.90 Å². The Balaban J connectivity index is 1.22. The number of carbonyl (C=O) groups is 1. The van der Waals surface area contributed by atoms with Crippen molar-refractivity contribution < 1.29 is 14.3 Å². The predicted octanol–water partition coefficient (Wildman–Crippen LogP) is 6.60. The number of aromatic nitrogens is 2. The zero-order chi connectivity index (χ0) is 30.2. The number of rotatable bonds is 7. The zero-order valence-electron chi connectivity index (χ0n) is 25.1. The van der Waals surface area contributed by atoms with Crippen molar-refractivity contribution in [3.05, 3.63) is 59.1 Å². The van der Waals surface area contributed by atoms with E-state index in [1.807, 2.05) is 11.0 Å². The van der Waals surface area contributed by atoms with Crippen LogP contribution in [0, 0.1) is 5.82 Å². The Morgan fingerprint density at radius 3 is 2.45 bits per heavy atom. The van der Waals surface area contributed by atoms with Crippen molar-refractivity contribution in [3.8, 4) is 16.9 Å². The first kappa shape index (κ1) is 28.3. The van der Waals surface area contributed by atoms with Crippen LogP contribution in [0.4, 0.5) is 10.2 Å². The predicted molar refractivity (Wildman–Crippen MR) is 171 cm³/mol. The highest BCUT2D eigenvalue weighted by molar-refractivity contribution is 6.32. The molecule has 0 spiro atoms. The summed E-state index contributed by atoms with van der Waals surface area (Å²) in [5.74, 6) is 1.43. The second-order valence-electron chi connectivity index (χ2n) is 13.6. The first-order valence-electron chi connectivity index (χ1n) is 16.3. The van der Waals surface area contributed by atoms with Crippen LogP contribution in [0.25, 0.3) is 22.0 Å². The topological polar surface area (TPSA) is 72.8 Å². The van der Waals surface area contributed by atoms with Crippen molar-refractivity contribution in [2.24, 2.45) is 0 Å². The van der Waals surface area contributed by atoms with Crippen molar-refractivity contribution in [1.29, 1.82) is 0 Å². The van der Waals surface area contributed by atoms with Crippen LogP contribution in [-0.2, 0) is 11.2 Å². The summed E-state index contributed by atoms with van der Waals surface area (Å²) in [6, 6.07) is 6.74. The van der Waals surface area contributed by atoms with Gasteiger partial charge in [0.25, 0.3) is 0 Å². The first-order chi connectivity index (χ1) is 21.3. The van der Waals surface area contributed by atoms with E-state index in [0.29, 0.717) is 40.1 Å². The standard InChI is InChI=1S/C35H39ClFN5O2/c1-2-32(44)42-22-7-8-23(42)20-40(19-22)34-27-17-29(37)25(26-15-24(43)16-28(36)33(26)21-5-6-21)18-30(27)38-31(39-34)9-12-35-10-3-13-41(35)14-4-11-35/h2,15-18,21-23,43H,1,3-14,19-20H2. The second kappa shape index (κ2) is 10.7. The molecule has 7 nitrogen and oxygen atoms in total. The Hall–Kier alpha value is -3.23. The number of halogens is 2. The van der Waals surface area contributed by atoms with Gasteiger partial charge in [-0.25, -0.2) is 14.4 Å². The van der Waals surface area contributed by atoms with E-state index in [1.54, 1.807) is 18.2 Å². The Kier molecular flexibility index (Phi) is 6.87. The van der Waals surface area contributed by atoms with E-state index < -0.39 is 0 Å². The third-order valence-corrected chi connectivity index (χ3v) is 11.3. The number of hydrogen-bond acceptors (Lipinski definition) is 6. The van der Waals surface area contributed by atoms with Gasteiger partial charge in [-0.2, -0.15) is 0 Å². The highest BCUT2D eigenvalue weighted by atomic mass is 35.5. The first-order valence-corrected chi connectivity index (χ1v) is 16.7. The lowest BCUT2D eigenvalue weighted by Gasteiger charge is -2.41. The number of phenols is 1. The molecule has 230 valence electrons. The normalized spacial score (nSPS) is 24.3. The van der Waals surface area contributed by atoms with E-state index in [1.165, 1.54) is 44.8 Å². The number of aryl methyl sites for hydroxylation is 1. The maximum atomic E-state index is 16.2. The highest BCUT2D eigenvalue weighted by Gasteiger charge is 2.44. The van der Waals surface area contributed by atoms with E-state index in [2.05, 4.69) is 16.4 Å². The Morgan fingerprint density at radius 2 is 1.77 bits per heavy atom. The van der Waals surface area contributed by atoms with Gasteiger partial charge in [-0.3, -0.25) is 9.69 Å². The zero-order valence-corrected chi connectivity index (χ0v) is 25.8. The molecule has 44 heavy (non-hydrogen) atoms. The summed E-state index contributed by atoms with van der Waals surface area (Å²) in [6.45, 7) is 7.38. The average Bonchev–Trinajstić information content (AvgIpc) is 3.55. The maximum absolute atomic E-state index is 16.2. The number of amides is 1. The summed E-state index contributed by atoms with van der Waals surface area (Å²) in [4.78, 5) is 29.8. The fourth-order valence-electron chi connectivity index (χ4n) is 8.87. The quantitative estimate of drug-likeness (QED) is 0.302. The number of aromatic hydroxyl groups is 1. The number of phenolic OH excluding ortho intramolecular Hbond substituents is 1. The summed E-state index contributed by atoms with van der Waals surface area (Å²) < 4.78 is 16.2. The van der Waals surface area contributed by atoms with Crippen LogP contribution in [0.3, 0.4) is 0 Å². The molecule has 1 N–H and O–H groups in total. The molecule has 2 unspecified atom stereocenters. The van der Waals surface area contributed by atoms with Crippen molar-refractivity contribution in [2.45, 2.75) is 87.7 Å². The van der Waals surface area contributed by atoms with Gasteiger partial charge in [0.05, 0.1) is 5.52 Å². The van der Waals surface area contributed by atoms with Gasteiger partial charge >= 0.3 is 0 Å². The minimum absolute atomic E-state index is 0.0192. The van der Waals surface area contributed by atoms with Gasteiger partial charge in [-0.15, -0.1) is 0 Å². The number of anilines is 1. The Labute approximate surface area is 262 Å². The van der Waals surface area contributed by atoms with Gasteiger partial charge in [-0.1, -0.05) is 18.2 Å². The molecule has 1 amide bonds. The number of benzene rings is 2. The van der Waals surface area contributed by atoms with E-state index in [0.717, 1.165) is 55.7 Å². The van der Waals surface area contributed by atoms with Crippen LogP contribution in [0.1, 0.15) is 75.1 Å². The third-order valence-electron chi connectivity index (χ3n) is 11.0.